The van der Waals surface area contributed by atoms with Crippen molar-refractivity contribution in [2.24, 2.45) is 5.92 Å². The first-order valence-corrected chi connectivity index (χ1v) is 18.1. The molecule has 5 amide bonds. The first kappa shape index (κ1) is 36.8. The van der Waals surface area contributed by atoms with E-state index in [1.54, 1.807) is 59.2 Å². The van der Waals surface area contributed by atoms with Gasteiger partial charge < -0.3 is 35.1 Å². The Kier molecular flexibility index (Phi) is 10.4. The van der Waals surface area contributed by atoms with E-state index in [0.29, 0.717) is 24.0 Å². The lowest BCUT2D eigenvalue weighted by atomic mass is 10.1. The molecule has 3 aliphatic rings. The van der Waals surface area contributed by atoms with Crippen molar-refractivity contribution >= 4 is 44.5 Å². The second-order valence-corrected chi connectivity index (χ2v) is 16.1. The Morgan fingerprint density at radius 3 is 2.46 bits per heavy atom. The molecule has 272 valence electrons. The van der Waals surface area contributed by atoms with Gasteiger partial charge in [-0.05, 0) is 76.6 Å². The maximum absolute atomic E-state index is 14.3. The van der Waals surface area contributed by atoms with Crippen molar-refractivity contribution in [3.05, 3.63) is 43.1 Å². The van der Waals surface area contributed by atoms with Gasteiger partial charge in [-0.15, -0.1) is 6.58 Å². The monoisotopic (exact) mass is 714 g/mol. The Bertz CT molecular complexity index is 1780. The Morgan fingerprint density at radius 1 is 1.14 bits per heavy atom. The molecule has 5 rings (SSSR count). The van der Waals surface area contributed by atoms with E-state index in [1.165, 1.54) is 18.1 Å². The number of carbonyl (C=O) groups excluding carboxylic acids is 4. The lowest BCUT2D eigenvalue weighted by Gasteiger charge is -2.32. The van der Waals surface area contributed by atoms with Crippen molar-refractivity contribution < 1.29 is 41.8 Å². The fraction of sp³-hybridized carbons (Fsp3) is 0.559. The Hall–Kier alpha value is -4.44. The first-order valence-electron chi connectivity index (χ1n) is 16.5. The van der Waals surface area contributed by atoms with Gasteiger partial charge in [0, 0.05) is 36.6 Å². The number of carbonyl (C=O) groups is 4. The summed E-state index contributed by atoms with van der Waals surface area (Å²) in [5.74, 6) is -1.76. The maximum atomic E-state index is 14.3. The number of rotatable bonds is 13. The molecule has 15 nitrogen and oxygen atoms in total. The molecule has 0 spiro atoms. The number of hydrogen-bond acceptors (Lipinski definition) is 10. The van der Waals surface area contributed by atoms with Crippen LogP contribution < -0.4 is 30.1 Å². The summed E-state index contributed by atoms with van der Waals surface area (Å²) in [5.41, 5.74) is -2.17. The number of likely N-dealkylation sites (tertiary alicyclic amines) is 1. The molecule has 2 aliphatic carbocycles. The average Bonchev–Trinajstić information content (AvgIpc) is 3.98. The molecule has 0 radical (unpaired) electrons. The second-order valence-electron chi connectivity index (χ2n) is 14.1. The van der Waals surface area contributed by atoms with Gasteiger partial charge in [-0.3, -0.25) is 19.1 Å². The third kappa shape index (κ3) is 7.96. The van der Waals surface area contributed by atoms with Gasteiger partial charge in [0.1, 0.15) is 29.5 Å². The number of benzene rings is 1. The molecule has 2 heterocycles. The minimum atomic E-state index is -3.90. The number of urea groups is 1. The van der Waals surface area contributed by atoms with Crippen LogP contribution in [0.2, 0.25) is 0 Å². The molecule has 1 aliphatic heterocycles. The summed E-state index contributed by atoms with van der Waals surface area (Å²) in [6, 6.07) is 4.21. The SMILES string of the molecule is C=CC1CC1(NC(=O)C1CC(Oc2nccc3cc(OC)ccc23)CN1C(=O)C(NC(=O)NC(C)(C)C)C(C)OC)C(=O)NS(=O)(=O)C1CC1. The molecular formula is C34H46N6O9S. The fourth-order valence-electron chi connectivity index (χ4n) is 6.11. The number of pyridine rings is 1. The van der Waals surface area contributed by atoms with Crippen LogP contribution >= 0.6 is 0 Å². The lowest BCUT2D eigenvalue weighted by molar-refractivity contribution is -0.143. The highest BCUT2D eigenvalue weighted by molar-refractivity contribution is 7.91. The molecule has 6 atom stereocenters. The van der Waals surface area contributed by atoms with E-state index in [0.717, 1.165) is 5.39 Å². The predicted octanol–water partition coefficient (Wildman–Crippen LogP) is 1.76. The van der Waals surface area contributed by atoms with E-state index < -0.39 is 80.3 Å². The smallest absolute Gasteiger partial charge is 0.315 e. The van der Waals surface area contributed by atoms with Gasteiger partial charge in [0.25, 0.3) is 5.91 Å². The highest BCUT2D eigenvalue weighted by Gasteiger charge is 2.62. The van der Waals surface area contributed by atoms with Crippen LogP contribution in [0.4, 0.5) is 4.79 Å². The van der Waals surface area contributed by atoms with Crippen LogP contribution in [-0.2, 0) is 29.1 Å². The van der Waals surface area contributed by atoms with Crippen LogP contribution in [0.3, 0.4) is 0 Å². The van der Waals surface area contributed by atoms with Crippen molar-refractivity contribution in [3.8, 4) is 11.6 Å². The van der Waals surface area contributed by atoms with Crippen LogP contribution in [0.25, 0.3) is 10.8 Å². The predicted molar refractivity (Wildman–Crippen MR) is 184 cm³/mol. The number of nitrogens with zero attached hydrogens (tertiary/aromatic N) is 2. The number of ether oxygens (including phenoxy) is 3. The van der Waals surface area contributed by atoms with E-state index in [9.17, 15) is 27.6 Å². The molecule has 0 bridgehead atoms. The van der Waals surface area contributed by atoms with E-state index in [1.807, 2.05) is 6.07 Å². The average molecular weight is 715 g/mol. The zero-order chi connectivity index (χ0) is 36.6. The summed E-state index contributed by atoms with van der Waals surface area (Å²) in [6.45, 7) is 10.7. The largest absolute Gasteiger partial charge is 0.497 e. The molecule has 1 aromatic carbocycles. The Labute approximate surface area is 291 Å². The van der Waals surface area contributed by atoms with Gasteiger partial charge >= 0.3 is 6.03 Å². The van der Waals surface area contributed by atoms with Gasteiger partial charge in [-0.1, -0.05) is 6.08 Å². The molecule has 3 fully saturated rings. The summed E-state index contributed by atoms with van der Waals surface area (Å²) < 4.78 is 44.6. The van der Waals surface area contributed by atoms with Crippen LogP contribution in [0.1, 0.15) is 53.4 Å². The molecule has 4 N–H and O–H groups in total. The number of hydrogen-bond donors (Lipinski definition) is 4. The number of sulfonamides is 1. The van der Waals surface area contributed by atoms with Gasteiger partial charge in [0.05, 0.1) is 25.0 Å². The summed E-state index contributed by atoms with van der Waals surface area (Å²) in [5, 5.41) is 9.06. The highest BCUT2D eigenvalue weighted by Crippen LogP contribution is 2.45. The number of methoxy groups -OCH3 is 2. The van der Waals surface area contributed by atoms with Crippen molar-refractivity contribution in [2.75, 3.05) is 20.8 Å². The molecule has 6 unspecified atom stereocenters. The summed E-state index contributed by atoms with van der Waals surface area (Å²) in [6.07, 6.45) is 2.58. The molecule has 2 aromatic rings. The van der Waals surface area contributed by atoms with Crippen LogP contribution in [0.5, 0.6) is 11.6 Å². The zero-order valence-electron chi connectivity index (χ0n) is 29.1. The van der Waals surface area contributed by atoms with E-state index in [-0.39, 0.29) is 25.3 Å². The van der Waals surface area contributed by atoms with Crippen LogP contribution in [0, 0.1) is 5.92 Å². The fourth-order valence-corrected chi connectivity index (χ4v) is 7.48. The zero-order valence-corrected chi connectivity index (χ0v) is 30.0. The molecule has 50 heavy (non-hydrogen) atoms. The van der Waals surface area contributed by atoms with E-state index in [2.05, 4.69) is 32.2 Å². The minimum absolute atomic E-state index is 0.00486. The topological polar surface area (TPSA) is 194 Å². The third-order valence-electron chi connectivity index (χ3n) is 9.19. The normalized spacial score (nSPS) is 24.4. The summed E-state index contributed by atoms with van der Waals surface area (Å²) in [4.78, 5) is 60.5. The Balaban J connectivity index is 1.44. The quantitative estimate of drug-likeness (QED) is 0.222. The lowest BCUT2D eigenvalue weighted by Crippen LogP contribution is -2.61. The molecule has 1 saturated heterocycles. The molecular weight excluding hydrogens is 668 g/mol. The highest BCUT2D eigenvalue weighted by atomic mass is 32.2. The Morgan fingerprint density at radius 2 is 1.86 bits per heavy atom. The maximum Gasteiger partial charge on any atom is 0.315 e. The van der Waals surface area contributed by atoms with Crippen molar-refractivity contribution in [3.63, 3.8) is 0 Å². The molecule has 16 heteroatoms. The first-order chi connectivity index (χ1) is 23.5. The van der Waals surface area contributed by atoms with Crippen LogP contribution in [-0.4, -0.2) is 103 Å². The van der Waals surface area contributed by atoms with Crippen molar-refractivity contribution in [2.45, 2.75) is 94.0 Å². The molecule has 2 saturated carbocycles. The summed E-state index contributed by atoms with van der Waals surface area (Å²) in [7, 11) is -0.937. The number of nitrogens with one attached hydrogen (secondary N) is 4. The van der Waals surface area contributed by atoms with Gasteiger partial charge in [-0.25, -0.2) is 18.2 Å². The van der Waals surface area contributed by atoms with E-state index in [4.69, 9.17) is 14.2 Å². The second kappa shape index (κ2) is 14.1. The number of amides is 5. The number of aromatic nitrogens is 1. The number of fused-ring (bicyclic) bond motifs is 1. The minimum Gasteiger partial charge on any atom is -0.497 e. The van der Waals surface area contributed by atoms with Crippen molar-refractivity contribution in [1.82, 2.24) is 30.6 Å². The van der Waals surface area contributed by atoms with Gasteiger partial charge in [0.15, 0.2) is 0 Å². The van der Waals surface area contributed by atoms with Gasteiger partial charge in [-0.2, -0.15) is 0 Å². The molecule has 1 aromatic heterocycles. The van der Waals surface area contributed by atoms with Crippen LogP contribution in [0.15, 0.2) is 43.1 Å². The van der Waals surface area contributed by atoms with E-state index >= 15 is 0 Å². The summed E-state index contributed by atoms with van der Waals surface area (Å²) >= 11 is 0. The standard InChI is InChI=1S/C34H46N6O9S/c1-8-21-17-34(21,31(43)39-50(45,46)24-10-11-24)37-28(41)26-16-23(49-29-25-12-9-22(48-7)15-20(25)13-14-35-29)18-40(26)30(42)27(19(2)47-6)36-32(44)38-33(3,4)5/h8-9,12-15,19,21,23-24,26-27H,1,10-11,16-18H2,2-7H3,(H,37,41)(H,39,43)(H2,36,38,44). The van der Waals surface area contributed by atoms with Crippen molar-refractivity contribution in [1.29, 1.82) is 0 Å². The third-order valence-corrected chi connectivity index (χ3v) is 11.0. The van der Waals surface area contributed by atoms with Gasteiger partial charge in [0.2, 0.25) is 27.7 Å².